The number of anilines is 1. The maximum Gasteiger partial charge on any atom is 0.262 e. The Balaban J connectivity index is 2.43. The molecule has 8 nitrogen and oxygen atoms in total. The van der Waals surface area contributed by atoms with Crippen LogP contribution in [-0.2, 0) is 14.8 Å². The van der Waals surface area contributed by atoms with Gasteiger partial charge >= 0.3 is 0 Å². The van der Waals surface area contributed by atoms with Crippen LogP contribution < -0.4 is 25.2 Å². The molecule has 0 bridgehead atoms. The van der Waals surface area contributed by atoms with E-state index in [9.17, 15) is 13.2 Å². The number of ether oxygens (including phenoxy) is 2. The zero-order chi connectivity index (χ0) is 18.8. The Morgan fingerprint density at radius 2 is 2.12 bits per heavy atom. The standard InChI is InChI=1S/C16H25N3O5S/c1-10(2)7-16(3,9-17)19-25(21,22)14-6-12-11(5-13(14)23-4)18-15(20)8-24-12/h5-6,10,19H,7-9,17H2,1-4H3,(H,18,20). The molecule has 0 fully saturated rings. The number of carbonyl (C=O) groups is 1. The van der Waals surface area contributed by atoms with Crippen molar-refractivity contribution in [2.24, 2.45) is 11.7 Å². The molecule has 140 valence electrons. The van der Waals surface area contributed by atoms with Crippen molar-refractivity contribution in [2.75, 3.05) is 25.6 Å². The SMILES string of the molecule is COc1cc2c(cc1S(=O)(=O)NC(C)(CN)CC(C)C)OCC(=O)N2. The van der Waals surface area contributed by atoms with Crippen molar-refractivity contribution < 1.29 is 22.7 Å². The second-order valence-corrected chi connectivity index (χ2v) is 8.46. The quantitative estimate of drug-likeness (QED) is 0.659. The molecule has 4 N–H and O–H groups in total. The number of hydrogen-bond acceptors (Lipinski definition) is 6. The summed E-state index contributed by atoms with van der Waals surface area (Å²) in [5.74, 6) is 0.344. The molecule has 0 aromatic heterocycles. The Bertz CT molecular complexity index is 763. The highest BCUT2D eigenvalue weighted by molar-refractivity contribution is 7.89. The second-order valence-electron chi connectivity index (χ2n) is 6.80. The average Bonchev–Trinajstić information content (AvgIpc) is 2.52. The summed E-state index contributed by atoms with van der Waals surface area (Å²) >= 11 is 0. The summed E-state index contributed by atoms with van der Waals surface area (Å²) < 4.78 is 39.1. The topological polar surface area (TPSA) is 120 Å². The number of hydrogen-bond donors (Lipinski definition) is 3. The lowest BCUT2D eigenvalue weighted by atomic mass is 9.92. The number of carbonyl (C=O) groups excluding carboxylic acids is 1. The molecule has 0 saturated carbocycles. The number of sulfonamides is 1. The molecule has 1 heterocycles. The molecule has 1 aromatic rings. The first-order valence-electron chi connectivity index (χ1n) is 7.99. The van der Waals surface area contributed by atoms with E-state index in [0.29, 0.717) is 12.1 Å². The molecule has 1 atom stereocenters. The summed E-state index contributed by atoms with van der Waals surface area (Å²) in [4.78, 5) is 11.4. The minimum Gasteiger partial charge on any atom is -0.495 e. The van der Waals surface area contributed by atoms with Gasteiger partial charge in [0.15, 0.2) is 6.61 Å². The van der Waals surface area contributed by atoms with E-state index in [2.05, 4.69) is 10.0 Å². The van der Waals surface area contributed by atoms with E-state index in [-0.39, 0.29) is 41.4 Å². The maximum absolute atomic E-state index is 12.9. The average molecular weight is 371 g/mol. The minimum atomic E-state index is -3.91. The fourth-order valence-corrected chi connectivity index (χ4v) is 4.50. The first-order chi connectivity index (χ1) is 11.6. The summed E-state index contributed by atoms with van der Waals surface area (Å²) in [5.41, 5.74) is 5.39. The third kappa shape index (κ3) is 4.42. The van der Waals surface area contributed by atoms with Crippen molar-refractivity contribution in [2.45, 2.75) is 37.6 Å². The van der Waals surface area contributed by atoms with E-state index in [1.54, 1.807) is 6.92 Å². The van der Waals surface area contributed by atoms with Crippen LogP contribution in [0.5, 0.6) is 11.5 Å². The second kappa shape index (κ2) is 7.19. The number of methoxy groups -OCH3 is 1. The molecule has 9 heteroatoms. The van der Waals surface area contributed by atoms with E-state index in [0.717, 1.165) is 0 Å². The van der Waals surface area contributed by atoms with Crippen LogP contribution in [0.1, 0.15) is 27.2 Å². The van der Waals surface area contributed by atoms with Crippen molar-refractivity contribution in [3.05, 3.63) is 12.1 Å². The van der Waals surface area contributed by atoms with Gasteiger partial charge in [-0.3, -0.25) is 4.79 Å². The third-order valence-electron chi connectivity index (χ3n) is 3.88. The van der Waals surface area contributed by atoms with Crippen LogP contribution in [0.2, 0.25) is 0 Å². The minimum absolute atomic E-state index is 0.0617. The Morgan fingerprint density at radius 3 is 2.68 bits per heavy atom. The van der Waals surface area contributed by atoms with Gasteiger partial charge in [-0.25, -0.2) is 13.1 Å². The van der Waals surface area contributed by atoms with Crippen LogP contribution in [0.3, 0.4) is 0 Å². The Kier molecular flexibility index (Phi) is 5.60. The van der Waals surface area contributed by atoms with Crippen LogP contribution in [-0.4, -0.2) is 40.1 Å². The molecule has 1 aliphatic rings. The van der Waals surface area contributed by atoms with Gasteiger partial charge in [-0.2, -0.15) is 0 Å². The highest BCUT2D eigenvalue weighted by Gasteiger charge is 2.33. The lowest BCUT2D eigenvalue weighted by Gasteiger charge is -2.31. The van der Waals surface area contributed by atoms with Crippen molar-refractivity contribution in [1.82, 2.24) is 4.72 Å². The Labute approximate surface area is 148 Å². The van der Waals surface area contributed by atoms with E-state index in [1.807, 2.05) is 13.8 Å². The van der Waals surface area contributed by atoms with Crippen LogP contribution >= 0.6 is 0 Å². The van der Waals surface area contributed by atoms with Crippen LogP contribution in [0, 0.1) is 5.92 Å². The fourth-order valence-electron chi connectivity index (χ4n) is 2.90. The van der Waals surface area contributed by atoms with Gasteiger partial charge in [0.05, 0.1) is 12.8 Å². The maximum atomic E-state index is 12.9. The monoisotopic (exact) mass is 371 g/mol. The molecule has 1 unspecified atom stereocenters. The molecule has 25 heavy (non-hydrogen) atoms. The van der Waals surface area contributed by atoms with Gasteiger partial charge in [0.25, 0.3) is 5.91 Å². The van der Waals surface area contributed by atoms with Gasteiger partial charge in [-0.1, -0.05) is 13.8 Å². The van der Waals surface area contributed by atoms with Crippen LogP contribution in [0.4, 0.5) is 5.69 Å². The predicted molar refractivity (Wildman–Crippen MR) is 94.4 cm³/mol. The first kappa shape index (κ1) is 19.5. The molecule has 0 aliphatic carbocycles. The van der Waals surface area contributed by atoms with E-state index in [1.165, 1.54) is 19.2 Å². The lowest BCUT2D eigenvalue weighted by molar-refractivity contribution is -0.118. The Morgan fingerprint density at radius 1 is 1.44 bits per heavy atom. The van der Waals surface area contributed by atoms with E-state index in [4.69, 9.17) is 15.2 Å². The third-order valence-corrected chi connectivity index (χ3v) is 5.54. The highest BCUT2D eigenvalue weighted by Crippen LogP contribution is 2.37. The molecule has 1 amide bonds. The molecular formula is C16H25N3O5S. The van der Waals surface area contributed by atoms with Crippen LogP contribution in [0.15, 0.2) is 17.0 Å². The van der Waals surface area contributed by atoms with Crippen molar-refractivity contribution >= 4 is 21.6 Å². The largest absolute Gasteiger partial charge is 0.495 e. The predicted octanol–water partition coefficient (Wildman–Crippen LogP) is 1.07. The molecule has 0 radical (unpaired) electrons. The molecule has 1 aromatic carbocycles. The van der Waals surface area contributed by atoms with Gasteiger partial charge in [0.2, 0.25) is 10.0 Å². The number of benzene rings is 1. The summed E-state index contributed by atoms with van der Waals surface area (Å²) in [6, 6.07) is 2.78. The number of rotatable bonds is 7. The van der Waals surface area contributed by atoms with E-state index < -0.39 is 15.6 Å². The zero-order valence-electron chi connectivity index (χ0n) is 14.9. The van der Waals surface area contributed by atoms with Gasteiger partial charge in [-0.05, 0) is 19.3 Å². The number of fused-ring (bicyclic) bond motifs is 1. The molecule has 1 aliphatic heterocycles. The zero-order valence-corrected chi connectivity index (χ0v) is 15.7. The molecule has 0 saturated heterocycles. The molecule has 2 rings (SSSR count). The van der Waals surface area contributed by atoms with Crippen molar-refractivity contribution in [3.8, 4) is 11.5 Å². The van der Waals surface area contributed by atoms with Gasteiger partial charge in [0.1, 0.15) is 16.4 Å². The number of nitrogens with two attached hydrogens (primary N) is 1. The lowest BCUT2D eigenvalue weighted by Crippen LogP contribution is -2.52. The number of amides is 1. The van der Waals surface area contributed by atoms with E-state index >= 15 is 0 Å². The Hall–Kier alpha value is -1.84. The summed E-state index contributed by atoms with van der Waals surface area (Å²) in [6.45, 7) is 5.76. The number of nitrogens with one attached hydrogen (secondary N) is 2. The van der Waals surface area contributed by atoms with Crippen molar-refractivity contribution in [1.29, 1.82) is 0 Å². The smallest absolute Gasteiger partial charge is 0.262 e. The van der Waals surface area contributed by atoms with Gasteiger partial charge in [-0.15, -0.1) is 0 Å². The van der Waals surface area contributed by atoms with Crippen molar-refractivity contribution in [3.63, 3.8) is 0 Å². The normalized spacial score (nSPS) is 16.6. The fraction of sp³-hybridized carbons (Fsp3) is 0.562. The van der Waals surface area contributed by atoms with Crippen LogP contribution in [0.25, 0.3) is 0 Å². The summed E-state index contributed by atoms with van der Waals surface area (Å²) in [7, 11) is -2.55. The van der Waals surface area contributed by atoms with Gasteiger partial charge in [0, 0.05) is 24.2 Å². The molecular weight excluding hydrogens is 346 g/mol. The highest BCUT2D eigenvalue weighted by atomic mass is 32.2. The summed E-state index contributed by atoms with van der Waals surface area (Å²) in [6.07, 6.45) is 0.586. The van der Waals surface area contributed by atoms with Gasteiger partial charge < -0.3 is 20.5 Å². The summed E-state index contributed by atoms with van der Waals surface area (Å²) in [5, 5.41) is 2.62. The first-order valence-corrected chi connectivity index (χ1v) is 9.47. The molecule has 0 spiro atoms.